The smallest absolute Gasteiger partial charge is 0.261 e. The van der Waals surface area contributed by atoms with E-state index < -0.39 is 6.10 Å². The Morgan fingerprint density at radius 2 is 1.65 bits per heavy atom. The molecule has 0 bridgehead atoms. The summed E-state index contributed by atoms with van der Waals surface area (Å²) < 4.78 is 11.2. The lowest BCUT2D eigenvalue weighted by Gasteiger charge is -2.21. The van der Waals surface area contributed by atoms with Crippen molar-refractivity contribution in [1.29, 1.82) is 0 Å². The summed E-state index contributed by atoms with van der Waals surface area (Å²) in [6.07, 6.45) is -0.574. The van der Waals surface area contributed by atoms with Crippen LogP contribution in [0.15, 0.2) is 42.5 Å². The zero-order valence-electron chi connectivity index (χ0n) is 16.5. The van der Waals surface area contributed by atoms with E-state index in [1.165, 1.54) is 0 Å². The van der Waals surface area contributed by atoms with E-state index in [1.807, 2.05) is 44.2 Å². The Labute approximate surface area is 156 Å². The Kier molecular flexibility index (Phi) is 6.67. The van der Waals surface area contributed by atoms with Gasteiger partial charge in [0.15, 0.2) is 6.10 Å². The van der Waals surface area contributed by atoms with Crippen molar-refractivity contribution in [2.24, 2.45) is 0 Å². The molecular formula is C22H29NO3. The summed E-state index contributed by atoms with van der Waals surface area (Å²) in [7, 11) is 1.63. The lowest BCUT2D eigenvalue weighted by molar-refractivity contribution is -0.127. The molecule has 0 aromatic heterocycles. The summed E-state index contributed by atoms with van der Waals surface area (Å²) >= 11 is 0. The summed E-state index contributed by atoms with van der Waals surface area (Å²) in [5.41, 5.74) is 3.24. The Balaban J connectivity index is 2.04. The van der Waals surface area contributed by atoms with E-state index in [0.29, 0.717) is 5.92 Å². The molecule has 0 heterocycles. The van der Waals surface area contributed by atoms with Crippen LogP contribution >= 0.6 is 0 Å². The van der Waals surface area contributed by atoms with Gasteiger partial charge in [0, 0.05) is 0 Å². The molecule has 0 spiro atoms. The maximum Gasteiger partial charge on any atom is 0.261 e. The van der Waals surface area contributed by atoms with Crippen molar-refractivity contribution in [2.45, 2.75) is 52.7 Å². The van der Waals surface area contributed by atoms with Gasteiger partial charge in [0.25, 0.3) is 5.91 Å². The number of aryl methyl sites for hydroxylation is 1. The highest BCUT2D eigenvalue weighted by Crippen LogP contribution is 2.28. The van der Waals surface area contributed by atoms with Gasteiger partial charge in [-0.15, -0.1) is 0 Å². The van der Waals surface area contributed by atoms with E-state index in [-0.39, 0.29) is 11.9 Å². The summed E-state index contributed by atoms with van der Waals surface area (Å²) in [6.45, 7) is 10.00. The molecule has 2 atom stereocenters. The lowest BCUT2D eigenvalue weighted by Crippen LogP contribution is -2.38. The standard InChI is InChI=1S/C22H29NO3/c1-14(2)20-12-7-15(3)13-21(20)26-17(5)22(24)23-16(4)18-8-10-19(25-6)11-9-18/h7-14,16-17H,1-6H3,(H,23,24)/t16-,17+/m0/s1. The third kappa shape index (κ3) is 5.01. The van der Waals surface area contributed by atoms with Crippen molar-refractivity contribution in [3.05, 3.63) is 59.2 Å². The molecule has 1 N–H and O–H groups in total. The second kappa shape index (κ2) is 8.75. The van der Waals surface area contributed by atoms with Crippen LogP contribution < -0.4 is 14.8 Å². The van der Waals surface area contributed by atoms with E-state index >= 15 is 0 Å². The van der Waals surface area contributed by atoms with Crippen LogP contribution in [0.5, 0.6) is 11.5 Å². The van der Waals surface area contributed by atoms with E-state index in [2.05, 4.69) is 31.3 Å². The minimum absolute atomic E-state index is 0.110. The molecule has 1 amide bonds. The van der Waals surface area contributed by atoms with Crippen LogP contribution in [0.2, 0.25) is 0 Å². The van der Waals surface area contributed by atoms with Crippen molar-refractivity contribution in [3.63, 3.8) is 0 Å². The molecule has 4 nitrogen and oxygen atoms in total. The number of methoxy groups -OCH3 is 1. The number of ether oxygens (including phenoxy) is 2. The molecule has 4 heteroatoms. The Bertz CT molecular complexity index is 738. The highest BCUT2D eigenvalue weighted by atomic mass is 16.5. The highest BCUT2D eigenvalue weighted by Gasteiger charge is 2.19. The average Bonchev–Trinajstić information content (AvgIpc) is 2.61. The number of nitrogens with one attached hydrogen (secondary N) is 1. The second-order valence-corrected chi connectivity index (χ2v) is 6.96. The van der Waals surface area contributed by atoms with Crippen LogP contribution in [0.4, 0.5) is 0 Å². The van der Waals surface area contributed by atoms with Crippen LogP contribution in [-0.4, -0.2) is 19.1 Å². The predicted molar refractivity (Wildman–Crippen MR) is 105 cm³/mol. The number of rotatable bonds is 7. The molecule has 2 aromatic rings. The second-order valence-electron chi connectivity index (χ2n) is 6.96. The van der Waals surface area contributed by atoms with Gasteiger partial charge in [-0.2, -0.15) is 0 Å². The summed E-state index contributed by atoms with van der Waals surface area (Å²) in [5, 5.41) is 3.01. The van der Waals surface area contributed by atoms with Crippen LogP contribution in [0.25, 0.3) is 0 Å². The molecule has 0 unspecified atom stereocenters. The van der Waals surface area contributed by atoms with Crippen molar-refractivity contribution >= 4 is 5.91 Å². The van der Waals surface area contributed by atoms with Gasteiger partial charge in [0.05, 0.1) is 13.2 Å². The van der Waals surface area contributed by atoms with E-state index in [4.69, 9.17) is 9.47 Å². The maximum atomic E-state index is 12.6. The van der Waals surface area contributed by atoms with Crippen molar-refractivity contribution in [2.75, 3.05) is 7.11 Å². The Hall–Kier alpha value is -2.49. The van der Waals surface area contributed by atoms with Gasteiger partial charge < -0.3 is 14.8 Å². The molecule has 0 aliphatic carbocycles. The van der Waals surface area contributed by atoms with Gasteiger partial charge in [-0.3, -0.25) is 4.79 Å². The average molecular weight is 355 g/mol. The first kappa shape index (κ1) is 19.8. The van der Waals surface area contributed by atoms with Crippen molar-refractivity contribution < 1.29 is 14.3 Å². The first-order valence-electron chi connectivity index (χ1n) is 9.03. The molecule has 2 rings (SSSR count). The molecule has 0 aliphatic rings. The molecule has 0 fully saturated rings. The molecule has 0 saturated heterocycles. The number of hydrogen-bond donors (Lipinski definition) is 1. The van der Waals surface area contributed by atoms with Crippen LogP contribution in [0.1, 0.15) is 56.3 Å². The van der Waals surface area contributed by atoms with Gasteiger partial charge >= 0.3 is 0 Å². The quantitative estimate of drug-likeness (QED) is 0.778. The van der Waals surface area contributed by atoms with Gasteiger partial charge in [-0.25, -0.2) is 0 Å². The minimum Gasteiger partial charge on any atom is -0.497 e. The number of carbonyl (C=O) groups is 1. The third-order valence-corrected chi connectivity index (χ3v) is 4.44. The van der Waals surface area contributed by atoms with Gasteiger partial charge in [0.1, 0.15) is 11.5 Å². The highest BCUT2D eigenvalue weighted by molar-refractivity contribution is 5.81. The first-order valence-corrected chi connectivity index (χ1v) is 9.03. The summed E-state index contributed by atoms with van der Waals surface area (Å²) in [6, 6.07) is 13.7. The molecule has 0 saturated carbocycles. The summed E-state index contributed by atoms with van der Waals surface area (Å²) in [5.74, 6) is 1.77. The number of carbonyl (C=O) groups excluding carboxylic acids is 1. The SMILES string of the molecule is COc1ccc([C@H](C)NC(=O)[C@@H](C)Oc2cc(C)ccc2C(C)C)cc1. The predicted octanol–water partition coefficient (Wildman–Crippen LogP) is 4.77. The fourth-order valence-corrected chi connectivity index (χ4v) is 2.77. The number of benzene rings is 2. The molecule has 140 valence electrons. The first-order chi connectivity index (χ1) is 12.3. The van der Waals surface area contributed by atoms with Gasteiger partial charge in [-0.05, 0) is 61.6 Å². The van der Waals surface area contributed by atoms with Gasteiger partial charge in [0.2, 0.25) is 0 Å². The van der Waals surface area contributed by atoms with Gasteiger partial charge in [-0.1, -0.05) is 38.1 Å². The zero-order valence-corrected chi connectivity index (χ0v) is 16.5. The normalized spacial score (nSPS) is 13.2. The minimum atomic E-state index is -0.574. The van der Waals surface area contributed by atoms with Crippen molar-refractivity contribution in [3.8, 4) is 11.5 Å². The van der Waals surface area contributed by atoms with Crippen molar-refractivity contribution in [1.82, 2.24) is 5.32 Å². The van der Waals surface area contributed by atoms with E-state index in [1.54, 1.807) is 14.0 Å². The summed E-state index contributed by atoms with van der Waals surface area (Å²) in [4.78, 5) is 12.6. The number of hydrogen-bond acceptors (Lipinski definition) is 3. The van der Waals surface area contributed by atoms with Crippen LogP contribution in [0, 0.1) is 6.92 Å². The number of amides is 1. The fourth-order valence-electron chi connectivity index (χ4n) is 2.77. The molecular weight excluding hydrogens is 326 g/mol. The zero-order chi connectivity index (χ0) is 19.3. The topological polar surface area (TPSA) is 47.6 Å². The van der Waals surface area contributed by atoms with Crippen LogP contribution in [-0.2, 0) is 4.79 Å². The van der Waals surface area contributed by atoms with E-state index in [9.17, 15) is 4.79 Å². The Morgan fingerprint density at radius 3 is 2.23 bits per heavy atom. The molecule has 0 radical (unpaired) electrons. The fraction of sp³-hybridized carbons (Fsp3) is 0.409. The molecule has 2 aromatic carbocycles. The largest absolute Gasteiger partial charge is 0.497 e. The Morgan fingerprint density at radius 1 is 1.00 bits per heavy atom. The molecule has 0 aliphatic heterocycles. The lowest BCUT2D eigenvalue weighted by atomic mass is 10.0. The maximum absolute atomic E-state index is 12.6. The third-order valence-electron chi connectivity index (χ3n) is 4.44. The monoisotopic (exact) mass is 355 g/mol. The van der Waals surface area contributed by atoms with E-state index in [0.717, 1.165) is 28.2 Å². The molecule has 26 heavy (non-hydrogen) atoms. The van der Waals surface area contributed by atoms with Crippen LogP contribution in [0.3, 0.4) is 0 Å².